The number of hydrogen-bond donors (Lipinski definition) is 1. The van der Waals surface area contributed by atoms with Gasteiger partial charge in [0.05, 0.1) is 11.5 Å². The Morgan fingerprint density at radius 3 is 3.05 bits per heavy atom. The van der Waals surface area contributed by atoms with Gasteiger partial charge in [-0.05, 0) is 38.7 Å². The first-order chi connectivity index (χ1) is 10.3. The number of aryl methyl sites for hydroxylation is 1. The van der Waals surface area contributed by atoms with Crippen molar-refractivity contribution < 1.29 is 4.74 Å². The molecule has 4 nitrogen and oxygen atoms in total. The highest BCUT2D eigenvalue weighted by atomic mass is 32.1. The van der Waals surface area contributed by atoms with Crippen LogP contribution in [0.4, 0.5) is 5.82 Å². The second kappa shape index (κ2) is 6.71. The number of hydrogen-bond acceptors (Lipinski definition) is 5. The Morgan fingerprint density at radius 2 is 2.29 bits per heavy atom. The predicted molar refractivity (Wildman–Crippen MR) is 88.2 cm³/mol. The molecule has 1 N–H and O–H groups in total. The van der Waals surface area contributed by atoms with Crippen molar-refractivity contribution in [1.82, 2.24) is 9.97 Å². The van der Waals surface area contributed by atoms with Crippen LogP contribution in [0.5, 0.6) is 0 Å². The monoisotopic (exact) mass is 305 g/mol. The van der Waals surface area contributed by atoms with Gasteiger partial charge in [-0.3, -0.25) is 0 Å². The van der Waals surface area contributed by atoms with Crippen LogP contribution in [0.3, 0.4) is 0 Å². The van der Waals surface area contributed by atoms with Gasteiger partial charge in [0.15, 0.2) is 0 Å². The zero-order valence-electron chi connectivity index (χ0n) is 12.8. The van der Waals surface area contributed by atoms with E-state index < -0.39 is 0 Å². The minimum absolute atomic E-state index is 0.288. The van der Waals surface area contributed by atoms with Gasteiger partial charge in [0.2, 0.25) is 0 Å². The third kappa shape index (κ3) is 3.52. The maximum Gasteiger partial charge on any atom is 0.138 e. The number of ether oxygens (including phenoxy) is 1. The van der Waals surface area contributed by atoms with Crippen molar-refractivity contribution in [2.45, 2.75) is 52.1 Å². The van der Waals surface area contributed by atoms with Gasteiger partial charge in [-0.1, -0.05) is 6.92 Å². The summed E-state index contributed by atoms with van der Waals surface area (Å²) >= 11 is 1.74. The van der Waals surface area contributed by atoms with E-state index in [2.05, 4.69) is 25.2 Å². The van der Waals surface area contributed by atoms with Crippen molar-refractivity contribution in [3.63, 3.8) is 0 Å². The van der Waals surface area contributed by atoms with Gasteiger partial charge < -0.3 is 10.1 Å². The molecule has 0 bridgehead atoms. The minimum Gasteiger partial charge on any atom is -0.378 e. The Hall–Kier alpha value is -1.20. The molecule has 0 amide bonds. The van der Waals surface area contributed by atoms with Crippen LogP contribution in [-0.4, -0.2) is 29.2 Å². The summed E-state index contributed by atoms with van der Waals surface area (Å²) < 4.78 is 5.82. The molecule has 1 saturated heterocycles. The molecule has 1 fully saturated rings. The molecule has 1 unspecified atom stereocenters. The minimum atomic E-state index is 0.288. The number of rotatable bonds is 5. The summed E-state index contributed by atoms with van der Waals surface area (Å²) in [5.41, 5.74) is 0. The maximum atomic E-state index is 5.82. The predicted octanol–water partition coefficient (Wildman–Crippen LogP) is 3.93. The van der Waals surface area contributed by atoms with Gasteiger partial charge in [-0.2, -0.15) is 0 Å². The first kappa shape index (κ1) is 14.7. The highest BCUT2D eigenvalue weighted by molar-refractivity contribution is 7.18. The molecule has 3 heterocycles. The summed E-state index contributed by atoms with van der Waals surface area (Å²) in [4.78, 5) is 11.9. The lowest BCUT2D eigenvalue weighted by Gasteiger charge is -2.22. The van der Waals surface area contributed by atoms with E-state index in [1.807, 2.05) is 0 Å². The summed E-state index contributed by atoms with van der Waals surface area (Å²) in [6.07, 6.45) is 5.78. The van der Waals surface area contributed by atoms with E-state index in [1.165, 1.54) is 17.7 Å². The molecule has 21 heavy (non-hydrogen) atoms. The number of nitrogens with zero attached hydrogens (tertiary/aromatic N) is 2. The zero-order valence-corrected chi connectivity index (χ0v) is 13.6. The second-order valence-electron chi connectivity index (χ2n) is 5.68. The van der Waals surface area contributed by atoms with Gasteiger partial charge >= 0.3 is 0 Å². The second-order valence-corrected chi connectivity index (χ2v) is 6.92. The molecule has 0 spiro atoms. The molecular weight excluding hydrogens is 282 g/mol. The van der Waals surface area contributed by atoms with E-state index >= 15 is 0 Å². The third-order valence-corrected chi connectivity index (χ3v) is 4.73. The largest absolute Gasteiger partial charge is 0.378 e. The summed E-state index contributed by atoms with van der Waals surface area (Å²) in [5.74, 6) is 1.90. The van der Waals surface area contributed by atoms with E-state index in [-0.39, 0.29) is 6.10 Å². The van der Waals surface area contributed by atoms with E-state index in [0.29, 0.717) is 0 Å². The third-order valence-electron chi connectivity index (χ3n) is 3.79. The van der Waals surface area contributed by atoms with Crippen molar-refractivity contribution in [3.05, 3.63) is 16.8 Å². The topological polar surface area (TPSA) is 47.0 Å². The van der Waals surface area contributed by atoms with Crippen LogP contribution < -0.4 is 5.32 Å². The molecule has 0 aromatic carbocycles. The average molecular weight is 305 g/mol. The van der Waals surface area contributed by atoms with E-state index in [1.54, 1.807) is 11.3 Å². The standard InChI is InChI=1S/C16H23N3OS/c1-3-7-17-15-13-9-11(2)21-16(13)19-14(18-15)10-12-6-4-5-8-20-12/h9,12H,3-8,10H2,1-2H3,(H,17,18,19). The number of fused-ring (bicyclic) bond motifs is 1. The van der Waals surface area contributed by atoms with Crippen LogP contribution in [0.15, 0.2) is 6.07 Å². The Kier molecular flexibility index (Phi) is 4.70. The van der Waals surface area contributed by atoms with Gasteiger partial charge in [0.1, 0.15) is 16.5 Å². The lowest BCUT2D eigenvalue weighted by atomic mass is 10.1. The normalized spacial score (nSPS) is 19.0. The fraction of sp³-hybridized carbons (Fsp3) is 0.625. The SMILES string of the molecule is CCCNc1nc(CC2CCCCO2)nc2sc(C)cc12. The van der Waals surface area contributed by atoms with Crippen LogP contribution in [0.2, 0.25) is 0 Å². The van der Waals surface area contributed by atoms with Crippen LogP contribution in [0, 0.1) is 6.92 Å². The molecule has 2 aromatic rings. The lowest BCUT2D eigenvalue weighted by Crippen LogP contribution is -2.22. The molecule has 2 aromatic heterocycles. The molecule has 0 saturated carbocycles. The lowest BCUT2D eigenvalue weighted by molar-refractivity contribution is 0.0157. The fourth-order valence-electron chi connectivity index (χ4n) is 2.73. The first-order valence-electron chi connectivity index (χ1n) is 7.89. The van der Waals surface area contributed by atoms with Gasteiger partial charge in [0.25, 0.3) is 0 Å². The highest BCUT2D eigenvalue weighted by Crippen LogP contribution is 2.29. The van der Waals surface area contributed by atoms with Crippen LogP contribution >= 0.6 is 11.3 Å². The maximum absolute atomic E-state index is 5.82. The average Bonchev–Trinajstić information content (AvgIpc) is 2.86. The highest BCUT2D eigenvalue weighted by Gasteiger charge is 2.18. The zero-order chi connectivity index (χ0) is 14.7. The Morgan fingerprint density at radius 1 is 1.38 bits per heavy atom. The number of nitrogens with one attached hydrogen (secondary N) is 1. The summed E-state index contributed by atoms with van der Waals surface area (Å²) in [6, 6.07) is 2.18. The molecule has 0 aliphatic carbocycles. The van der Waals surface area contributed by atoms with E-state index in [0.717, 1.165) is 54.3 Å². The first-order valence-corrected chi connectivity index (χ1v) is 8.70. The van der Waals surface area contributed by atoms with E-state index in [4.69, 9.17) is 14.7 Å². The van der Waals surface area contributed by atoms with Crippen molar-refractivity contribution >= 4 is 27.4 Å². The van der Waals surface area contributed by atoms with Crippen molar-refractivity contribution in [1.29, 1.82) is 0 Å². The molecule has 114 valence electrons. The van der Waals surface area contributed by atoms with E-state index in [9.17, 15) is 0 Å². The fourth-order valence-corrected chi connectivity index (χ4v) is 3.63. The van der Waals surface area contributed by atoms with Crippen LogP contribution in [0.1, 0.15) is 43.3 Å². The molecular formula is C16H23N3OS. The smallest absolute Gasteiger partial charge is 0.138 e. The molecule has 3 rings (SSSR count). The quantitative estimate of drug-likeness (QED) is 0.909. The Balaban J connectivity index is 1.87. The van der Waals surface area contributed by atoms with Gasteiger partial charge in [0, 0.05) is 24.4 Å². The van der Waals surface area contributed by atoms with Crippen molar-refractivity contribution in [2.24, 2.45) is 0 Å². The summed E-state index contributed by atoms with van der Waals surface area (Å²) in [6.45, 7) is 6.12. The molecule has 5 heteroatoms. The number of anilines is 1. The van der Waals surface area contributed by atoms with Crippen LogP contribution in [-0.2, 0) is 11.2 Å². The van der Waals surface area contributed by atoms with Crippen molar-refractivity contribution in [2.75, 3.05) is 18.5 Å². The number of thiophene rings is 1. The molecule has 1 aliphatic rings. The molecule has 0 radical (unpaired) electrons. The van der Waals surface area contributed by atoms with Crippen LogP contribution in [0.25, 0.3) is 10.2 Å². The summed E-state index contributed by atoms with van der Waals surface area (Å²) in [5, 5.41) is 4.60. The summed E-state index contributed by atoms with van der Waals surface area (Å²) in [7, 11) is 0. The van der Waals surface area contributed by atoms with Gasteiger partial charge in [-0.25, -0.2) is 9.97 Å². The van der Waals surface area contributed by atoms with Crippen molar-refractivity contribution in [3.8, 4) is 0 Å². The number of aromatic nitrogens is 2. The van der Waals surface area contributed by atoms with Gasteiger partial charge in [-0.15, -0.1) is 11.3 Å². The Labute approximate surface area is 129 Å². The Bertz CT molecular complexity index is 605. The molecule has 1 atom stereocenters. The molecule has 1 aliphatic heterocycles.